The van der Waals surface area contributed by atoms with Crippen molar-refractivity contribution >= 4 is 22.0 Å². The van der Waals surface area contributed by atoms with E-state index in [1.54, 1.807) is 24.3 Å². The summed E-state index contributed by atoms with van der Waals surface area (Å²) < 4.78 is 41.5. The van der Waals surface area contributed by atoms with Crippen molar-refractivity contribution in [2.45, 2.75) is 32.1 Å². The largest absolute Gasteiger partial charge is 0.434 e. The molecular formula is C20H23BrF3N5O2. The first-order chi connectivity index (χ1) is 14.6. The van der Waals surface area contributed by atoms with Gasteiger partial charge in [0.1, 0.15) is 10.3 Å². The van der Waals surface area contributed by atoms with Gasteiger partial charge in [0.05, 0.1) is 12.6 Å². The third-order valence-corrected chi connectivity index (χ3v) is 6.06. The van der Waals surface area contributed by atoms with Crippen LogP contribution in [0.4, 0.5) is 18.0 Å². The summed E-state index contributed by atoms with van der Waals surface area (Å²) in [4.78, 5) is 31.8. The Balaban J connectivity index is 2.07. The van der Waals surface area contributed by atoms with Crippen LogP contribution < -0.4 is 11.3 Å². The Morgan fingerprint density at radius 2 is 1.81 bits per heavy atom. The molecule has 2 amide bonds. The van der Waals surface area contributed by atoms with Crippen molar-refractivity contribution in [1.82, 2.24) is 19.4 Å². The molecule has 1 unspecified atom stereocenters. The van der Waals surface area contributed by atoms with Crippen molar-refractivity contribution in [2.75, 3.05) is 26.2 Å². The molecule has 31 heavy (non-hydrogen) atoms. The topological polar surface area (TPSA) is 84.5 Å². The zero-order valence-electron chi connectivity index (χ0n) is 16.9. The highest BCUT2D eigenvalue weighted by Crippen LogP contribution is 2.34. The summed E-state index contributed by atoms with van der Waals surface area (Å²) >= 11 is 2.82. The van der Waals surface area contributed by atoms with Crippen LogP contribution in [0.3, 0.4) is 0 Å². The molecule has 1 fully saturated rings. The van der Waals surface area contributed by atoms with E-state index in [0.29, 0.717) is 32.6 Å². The maximum atomic E-state index is 13.6. The predicted molar refractivity (Wildman–Crippen MR) is 113 cm³/mol. The second kappa shape index (κ2) is 9.39. The van der Waals surface area contributed by atoms with E-state index in [0.717, 1.165) is 5.56 Å². The van der Waals surface area contributed by atoms with Gasteiger partial charge in [-0.1, -0.05) is 37.3 Å². The van der Waals surface area contributed by atoms with Gasteiger partial charge in [0.25, 0.3) is 5.56 Å². The molecule has 2 N–H and O–H groups in total. The number of hydrogen-bond acceptors (Lipinski definition) is 4. The molecule has 11 heteroatoms. The van der Waals surface area contributed by atoms with E-state index < -0.39 is 34.0 Å². The zero-order valence-corrected chi connectivity index (χ0v) is 18.5. The maximum Gasteiger partial charge on any atom is 0.434 e. The third-order valence-electron chi connectivity index (χ3n) is 5.35. The standard InChI is InChI=1S/C20H23BrF3N5O2/c1-2-14(27-8-10-28(11-9-27)19(25)31)17-26-16(20(22,23)24)15(21)18(30)29(17)12-13-6-4-3-5-7-13/h3-7,14H,2,8-12H2,1H3,(H2,25,31). The number of hydrogen-bond donors (Lipinski definition) is 1. The van der Waals surface area contributed by atoms with Gasteiger partial charge in [0, 0.05) is 26.2 Å². The first kappa shape index (κ1) is 23.3. The van der Waals surface area contributed by atoms with Crippen LogP contribution in [0.15, 0.2) is 39.6 Å². The fourth-order valence-corrected chi connectivity index (χ4v) is 4.29. The van der Waals surface area contributed by atoms with Gasteiger partial charge in [-0.25, -0.2) is 9.78 Å². The number of piperazine rings is 1. The van der Waals surface area contributed by atoms with Gasteiger partial charge in [0.15, 0.2) is 5.69 Å². The lowest BCUT2D eigenvalue weighted by molar-refractivity contribution is -0.142. The van der Waals surface area contributed by atoms with Gasteiger partial charge in [-0.3, -0.25) is 14.3 Å². The van der Waals surface area contributed by atoms with Crippen LogP contribution >= 0.6 is 15.9 Å². The third kappa shape index (κ3) is 5.09. The average Bonchev–Trinajstić information content (AvgIpc) is 2.73. The van der Waals surface area contributed by atoms with Crippen molar-refractivity contribution in [3.8, 4) is 0 Å². The summed E-state index contributed by atoms with van der Waals surface area (Å²) in [5, 5.41) is 0. The number of rotatable bonds is 5. The van der Waals surface area contributed by atoms with Crippen LogP contribution in [-0.2, 0) is 12.7 Å². The van der Waals surface area contributed by atoms with Gasteiger partial charge in [0.2, 0.25) is 0 Å². The molecule has 0 spiro atoms. The smallest absolute Gasteiger partial charge is 0.351 e. The lowest BCUT2D eigenvalue weighted by atomic mass is 10.1. The van der Waals surface area contributed by atoms with Gasteiger partial charge in [-0.15, -0.1) is 0 Å². The molecule has 1 aliphatic heterocycles. The Kier molecular flexibility index (Phi) is 7.05. The first-order valence-corrected chi connectivity index (χ1v) is 10.6. The van der Waals surface area contributed by atoms with E-state index in [2.05, 4.69) is 20.9 Å². The molecule has 0 saturated carbocycles. The predicted octanol–water partition coefficient (Wildman–Crippen LogP) is 3.22. The van der Waals surface area contributed by atoms with Crippen molar-refractivity contribution in [2.24, 2.45) is 5.73 Å². The molecule has 3 rings (SSSR count). The molecule has 1 saturated heterocycles. The highest BCUT2D eigenvalue weighted by molar-refractivity contribution is 9.10. The number of carbonyl (C=O) groups is 1. The van der Waals surface area contributed by atoms with Crippen LogP contribution in [0.2, 0.25) is 0 Å². The lowest BCUT2D eigenvalue weighted by Gasteiger charge is -2.38. The maximum absolute atomic E-state index is 13.6. The van der Waals surface area contributed by atoms with E-state index in [1.807, 2.05) is 17.9 Å². The Labute approximate surface area is 185 Å². The summed E-state index contributed by atoms with van der Waals surface area (Å²) in [5.41, 5.74) is 4.09. The number of nitrogens with zero attached hydrogens (tertiary/aromatic N) is 4. The molecule has 0 bridgehead atoms. The summed E-state index contributed by atoms with van der Waals surface area (Å²) in [6.45, 7) is 3.48. The Morgan fingerprint density at radius 3 is 2.32 bits per heavy atom. The van der Waals surface area contributed by atoms with E-state index in [-0.39, 0.29) is 12.4 Å². The minimum absolute atomic E-state index is 0.0550. The van der Waals surface area contributed by atoms with Crippen molar-refractivity contribution in [1.29, 1.82) is 0 Å². The molecule has 0 aliphatic carbocycles. The van der Waals surface area contributed by atoms with Crippen molar-refractivity contribution in [3.63, 3.8) is 0 Å². The number of primary amides is 1. The molecule has 7 nitrogen and oxygen atoms in total. The summed E-state index contributed by atoms with van der Waals surface area (Å²) in [5.74, 6) is 0.0550. The van der Waals surface area contributed by atoms with E-state index >= 15 is 0 Å². The van der Waals surface area contributed by atoms with E-state index in [9.17, 15) is 22.8 Å². The quantitative estimate of drug-likeness (QED) is 0.681. The van der Waals surface area contributed by atoms with Gasteiger partial charge in [-0.2, -0.15) is 13.2 Å². The fourth-order valence-electron chi connectivity index (χ4n) is 3.77. The SMILES string of the molecule is CCC(c1nc(C(F)(F)F)c(Br)c(=O)n1Cc1ccccc1)N1CCN(C(N)=O)CC1. The van der Waals surface area contributed by atoms with Gasteiger partial charge in [-0.05, 0) is 27.9 Å². The van der Waals surface area contributed by atoms with Crippen molar-refractivity contribution < 1.29 is 18.0 Å². The number of halogens is 4. The molecule has 1 atom stereocenters. The molecule has 2 heterocycles. The van der Waals surface area contributed by atoms with Crippen molar-refractivity contribution in [3.05, 3.63) is 62.2 Å². The monoisotopic (exact) mass is 501 g/mol. The number of amides is 2. The molecule has 168 valence electrons. The van der Waals surface area contributed by atoms with Crippen LogP contribution in [-0.4, -0.2) is 51.6 Å². The summed E-state index contributed by atoms with van der Waals surface area (Å²) in [6.07, 6.45) is -4.34. The molecule has 1 aromatic heterocycles. The molecule has 1 aliphatic rings. The van der Waals surface area contributed by atoms with Crippen LogP contribution in [0, 0.1) is 0 Å². The second-order valence-corrected chi connectivity index (χ2v) is 8.09. The van der Waals surface area contributed by atoms with Gasteiger partial charge < -0.3 is 10.6 Å². The Morgan fingerprint density at radius 1 is 1.19 bits per heavy atom. The number of carbonyl (C=O) groups excluding carboxylic acids is 1. The first-order valence-electron chi connectivity index (χ1n) is 9.83. The summed E-state index contributed by atoms with van der Waals surface area (Å²) in [7, 11) is 0. The summed E-state index contributed by atoms with van der Waals surface area (Å²) in [6, 6.07) is 7.96. The highest BCUT2D eigenvalue weighted by Gasteiger charge is 2.39. The van der Waals surface area contributed by atoms with E-state index in [4.69, 9.17) is 5.73 Å². The number of urea groups is 1. The van der Waals surface area contributed by atoms with Crippen LogP contribution in [0.5, 0.6) is 0 Å². The minimum Gasteiger partial charge on any atom is -0.351 e. The Bertz CT molecular complexity index is 989. The Hall–Kier alpha value is -2.40. The minimum atomic E-state index is -4.78. The molecular weight excluding hydrogens is 479 g/mol. The van der Waals surface area contributed by atoms with E-state index in [1.165, 1.54) is 9.47 Å². The number of aromatic nitrogens is 2. The number of alkyl halides is 3. The fraction of sp³-hybridized carbons (Fsp3) is 0.450. The van der Waals surface area contributed by atoms with Crippen LogP contribution in [0.25, 0.3) is 0 Å². The van der Waals surface area contributed by atoms with Crippen LogP contribution in [0.1, 0.15) is 36.5 Å². The van der Waals surface area contributed by atoms with Gasteiger partial charge >= 0.3 is 12.2 Å². The second-order valence-electron chi connectivity index (χ2n) is 7.29. The molecule has 1 aromatic carbocycles. The molecule has 0 radical (unpaired) electrons. The normalized spacial score (nSPS) is 16.4. The molecule has 2 aromatic rings. The highest BCUT2D eigenvalue weighted by atomic mass is 79.9. The number of benzene rings is 1. The average molecular weight is 502 g/mol. The lowest BCUT2D eigenvalue weighted by Crippen LogP contribution is -2.52. The number of nitrogens with two attached hydrogens (primary N) is 1. The zero-order chi connectivity index (χ0) is 22.8.